The first-order valence-electron chi connectivity index (χ1n) is 33.5. The summed E-state index contributed by atoms with van der Waals surface area (Å²) in [5.41, 5.74) is 8.53. The lowest BCUT2D eigenvalue weighted by atomic mass is 9.91. The number of morpholine rings is 1. The molecule has 21 heteroatoms. The Morgan fingerprint density at radius 3 is 2.13 bits per heavy atom. The monoisotopic (exact) mass is 1310 g/mol. The molecular weight excluding hydrogens is 1210 g/mol. The Balaban J connectivity index is 0.682. The number of carbonyl (C=O) groups excluding carboxylic acids is 4. The standard InChI is InChI=1S/C74H95N7O14/c1-9-59(56-47-66(88-6)72(90-8)67(48-56)89-7)73(84)81-36-16-14-20-62(81)74(85)94-63(31-24-53-25-32-64(86-4)65(44-53)87-5)54-18-17-19-58(45-54)93-49-70(83)75-34-15-12-10-11-13-21-69(82)76-35-41-92-57-28-22-52(23-29-57)26-33-68-77-60-46-55(71-50(2)78-95-51(71)3)27-30-61(60)80(68)38-37-79-39-42-91-43-40-79/h17-19,22-23,25,27-30,32,44-48,59,62-63H,9-16,20-21,24,26,31,33-43,49H2,1-8H3,(H,75,83)(H,76,82)/t59-,62-,63?/m0/s1. The average Bonchev–Trinajstić information content (AvgIpc) is 1.77. The normalized spacial score (nSPS) is 14.8. The summed E-state index contributed by atoms with van der Waals surface area (Å²) < 4.78 is 59.8. The van der Waals surface area contributed by atoms with Gasteiger partial charge in [0.05, 0.1) is 78.0 Å². The molecule has 0 saturated carbocycles. The number of amides is 3. The molecule has 2 aromatic heterocycles. The summed E-state index contributed by atoms with van der Waals surface area (Å²) in [6.07, 6.45) is 8.96. The van der Waals surface area contributed by atoms with Crippen LogP contribution < -0.4 is 43.8 Å². The van der Waals surface area contributed by atoms with E-state index in [0.717, 1.165) is 148 Å². The molecule has 5 aromatic carbocycles. The Labute approximate surface area is 558 Å². The number of aromatic nitrogens is 3. The summed E-state index contributed by atoms with van der Waals surface area (Å²) in [5.74, 6) is 4.01. The van der Waals surface area contributed by atoms with E-state index in [0.29, 0.717) is 104 Å². The third-order valence-corrected chi connectivity index (χ3v) is 17.9. The van der Waals surface area contributed by atoms with E-state index in [4.69, 9.17) is 52.1 Å². The molecule has 2 aliphatic rings. The Kier molecular flexibility index (Phi) is 26.4. The molecule has 2 fully saturated rings. The highest BCUT2D eigenvalue weighted by Gasteiger charge is 2.38. The van der Waals surface area contributed by atoms with Gasteiger partial charge in [0, 0.05) is 57.7 Å². The van der Waals surface area contributed by atoms with Gasteiger partial charge in [0.15, 0.2) is 29.6 Å². The molecule has 0 bridgehead atoms. The summed E-state index contributed by atoms with van der Waals surface area (Å²) in [7, 11) is 7.77. The summed E-state index contributed by atoms with van der Waals surface area (Å²) in [4.78, 5) is 64.1. The van der Waals surface area contributed by atoms with E-state index in [-0.39, 0.29) is 24.3 Å². The Morgan fingerprint density at radius 1 is 0.663 bits per heavy atom. The van der Waals surface area contributed by atoms with Crippen LogP contribution in [0.25, 0.3) is 22.2 Å². The Bertz CT molecular complexity index is 3590. The number of nitrogens with one attached hydrogen (secondary N) is 2. The van der Waals surface area contributed by atoms with Crippen LogP contribution in [-0.4, -0.2) is 155 Å². The maximum atomic E-state index is 14.6. The SMILES string of the molecule is CC[C@H](C(=O)N1CCCC[C@H]1C(=O)OC(CCc1ccc(OC)c(OC)c1)c1cccc(OCC(=O)NCCCCCCCC(=O)NCCOc2ccc(CCc3nc4cc(-c5c(C)noc5C)ccc4n3CCN3CCOCC3)cc2)c1)c1cc(OC)c(OC)c(OC)c1. The molecule has 4 heterocycles. The lowest BCUT2D eigenvalue weighted by Gasteiger charge is -2.37. The number of benzene rings is 5. The van der Waals surface area contributed by atoms with Crippen molar-refractivity contribution in [2.45, 2.75) is 135 Å². The Morgan fingerprint density at radius 2 is 1.40 bits per heavy atom. The first kappa shape index (κ1) is 70.5. The van der Waals surface area contributed by atoms with Gasteiger partial charge in [-0.3, -0.25) is 19.3 Å². The molecule has 9 rings (SSSR count). The largest absolute Gasteiger partial charge is 0.493 e. The number of aryl methyl sites for hydroxylation is 5. The lowest BCUT2D eigenvalue weighted by Crippen LogP contribution is -2.50. The van der Waals surface area contributed by atoms with Crippen molar-refractivity contribution in [3.63, 3.8) is 0 Å². The van der Waals surface area contributed by atoms with E-state index in [1.807, 2.05) is 63.2 Å². The molecule has 2 aliphatic heterocycles. The number of esters is 1. The smallest absolute Gasteiger partial charge is 0.329 e. The zero-order valence-electron chi connectivity index (χ0n) is 56.6. The molecule has 7 aromatic rings. The predicted molar refractivity (Wildman–Crippen MR) is 362 cm³/mol. The molecule has 2 N–H and O–H groups in total. The number of ether oxygens (including phenoxy) is 9. The van der Waals surface area contributed by atoms with E-state index in [2.05, 4.69) is 55.6 Å². The number of rotatable bonds is 36. The molecule has 0 radical (unpaired) electrons. The summed E-state index contributed by atoms with van der Waals surface area (Å²) in [6, 6.07) is 30.3. The van der Waals surface area contributed by atoms with Crippen molar-refractivity contribution in [3.8, 4) is 51.4 Å². The van der Waals surface area contributed by atoms with Crippen LogP contribution >= 0.6 is 0 Å². The van der Waals surface area contributed by atoms with Crippen LogP contribution in [0.15, 0.2) is 102 Å². The molecule has 3 amide bonds. The lowest BCUT2D eigenvalue weighted by molar-refractivity contribution is -0.162. The van der Waals surface area contributed by atoms with E-state index < -0.39 is 24.0 Å². The van der Waals surface area contributed by atoms with Crippen molar-refractivity contribution < 1.29 is 66.3 Å². The maximum Gasteiger partial charge on any atom is 0.329 e. The number of piperidine rings is 1. The van der Waals surface area contributed by atoms with Crippen LogP contribution in [0.3, 0.4) is 0 Å². The van der Waals surface area contributed by atoms with Crippen LogP contribution in [-0.2, 0) is 54.5 Å². The highest BCUT2D eigenvalue weighted by molar-refractivity contribution is 5.89. The summed E-state index contributed by atoms with van der Waals surface area (Å²) >= 11 is 0. The molecule has 510 valence electrons. The van der Waals surface area contributed by atoms with Crippen LogP contribution in [0.5, 0.6) is 40.2 Å². The molecule has 21 nitrogen and oxygen atoms in total. The van der Waals surface area contributed by atoms with E-state index in [1.165, 1.54) is 26.9 Å². The second-order valence-electron chi connectivity index (χ2n) is 24.2. The number of imidazole rings is 1. The van der Waals surface area contributed by atoms with Gasteiger partial charge < -0.3 is 67.3 Å². The molecule has 0 aliphatic carbocycles. The third-order valence-electron chi connectivity index (χ3n) is 17.9. The highest BCUT2D eigenvalue weighted by atomic mass is 16.5. The van der Waals surface area contributed by atoms with Crippen molar-refractivity contribution in [3.05, 3.63) is 137 Å². The molecule has 2 saturated heterocycles. The fourth-order valence-electron chi connectivity index (χ4n) is 12.7. The second-order valence-corrected chi connectivity index (χ2v) is 24.2. The third kappa shape index (κ3) is 19.2. The van der Waals surface area contributed by atoms with Crippen molar-refractivity contribution in [2.75, 3.05) is 101 Å². The molecular formula is C74H95N7O14. The first-order chi connectivity index (χ1) is 46.3. The number of likely N-dealkylation sites (tertiary alicyclic amines) is 1. The minimum atomic E-state index is -0.808. The summed E-state index contributed by atoms with van der Waals surface area (Å²) in [5, 5.41) is 10.1. The molecule has 3 atom stereocenters. The fraction of sp³-hybridized carbons (Fsp3) is 0.486. The minimum Gasteiger partial charge on any atom is -0.493 e. The van der Waals surface area contributed by atoms with Crippen LogP contribution in [0.4, 0.5) is 0 Å². The maximum absolute atomic E-state index is 14.6. The van der Waals surface area contributed by atoms with E-state index >= 15 is 0 Å². The topological polar surface area (TPSA) is 226 Å². The molecule has 95 heavy (non-hydrogen) atoms. The van der Waals surface area contributed by atoms with Crippen molar-refractivity contribution in [1.29, 1.82) is 0 Å². The van der Waals surface area contributed by atoms with Gasteiger partial charge in [0.25, 0.3) is 5.91 Å². The number of hydrogen-bond acceptors (Lipinski definition) is 17. The van der Waals surface area contributed by atoms with Gasteiger partial charge in [-0.15, -0.1) is 0 Å². The van der Waals surface area contributed by atoms with Crippen LogP contribution in [0.2, 0.25) is 0 Å². The van der Waals surface area contributed by atoms with Crippen molar-refractivity contribution in [2.24, 2.45) is 0 Å². The number of carbonyl (C=O) groups is 4. The quantitative estimate of drug-likeness (QED) is 0.0275. The van der Waals surface area contributed by atoms with Crippen LogP contribution in [0.1, 0.15) is 129 Å². The van der Waals surface area contributed by atoms with Gasteiger partial charge in [0.1, 0.15) is 41.8 Å². The van der Waals surface area contributed by atoms with Gasteiger partial charge in [-0.25, -0.2) is 9.78 Å². The van der Waals surface area contributed by atoms with Gasteiger partial charge in [-0.05, 0) is 160 Å². The van der Waals surface area contributed by atoms with Crippen molar-refractivity contribution in [1.82, 2.24) is 35.1 Å². The second kappa shape index (κ2) is 35.6. The molecule has 1 unspecified atom stereocenters. The molecule has 0 spiro atoms. The zero-order chi connectivity index (χ0) is 67.1. The number of fused-ring (bicyclic) bond motifs is 1. The zero-order valence-corrected chi connectivity index (χ0v) is 56.6. The van der Waals surface area contributed by atoms with Gasteiger partial charge in [0.2, 0.25) is 17.6 Å². The minimum absolute atomic E-state index is 0.000762. The number of hydrogen-bond donors (Lipinski definition) is 2. The average molecular weight is 1310 g/mol. The first-order valence-corrected chi connectivity index (χ1v) is 33.5. The number of unbranched alkanes of at least 4 members (excludes halogenated alkanes) is 4. The van der Waals surface area contributed by atoms with Gasteiger partial charge in [-0.2, -0.15) is 0 Å². The highest BCUT2D eigenvalue weighted by Crippen LogP contribution is 2.42. The van der Waals surface area contributed by atoms with E-state index in [1.54, 1.807) is 43.4 Å². The Hall–Kier alpha value is -8.82. The van der Waals surface area contributed by atoms with Gasteiger partial charge >= 0.3 is 5.97 Å². The van der Waals surface area contributed by atoms with Crippen LogP contribution in [0, 0.1) is 13.8 Å². The number of methoxy groups -OCH3 is 5. The predicted octanol–water partition coefficient (Wildman–Crippen LogP) is 11.3. The number of nitrogens with zero attached hydrogens (tertiary/aromatic N) is 5. The van der Waals surface area contributed by atoms with Gasteiger partial charge in [-0.1, -0.05) is 67.7 Å². The fourth-order valence-corrected chi connectivity index (χ4v) is 12.7. The summed E-state index contributed by atoms with van der Waals surface area (Å²) in [6.45, 7) is 12.5. The van der Waals surface area contributed by atoms with E-state index in [9.17, 15) is 19.2 Å². The van der Waals surface area contributed by atoms with Crippen molar-refractivity contribution >= 4 is 34.7 Å².